The minimum atomic E-state index is -0.221. The monoisotopic (exact) mass is 250 g/mol. The number of ether oxygens (including phenoxy) is 2. The molecular weight excluding hydrogens is 231 g/mol. The molecule has 3 heteroatoms. The fourth-order valence-electron chi connectivity index (χ4n) is 3.16. The third-order valence-corrected chi connectivity index (χ3v) is 4.08. The van der Waals surface area contributed by atoms with Crippen molar-refractivity contribution in [1.29, 1.82) is 0 Å². The summed E-state index contributed by atoms with van der Waals surface area (Å²) in [6, 6.07) is 6.29. The molecule has 1 unspecified atom stereocenters. The van der Waals surface area contributed by atoms with Crippen LogP contribution in [-0.2, 0) is 4.74 Å². The van der Waals surface area contributed by atoms with Crippen molar-refractivity contribution in [1.82, 2.24) is 0 Å². The van der Waals surface area contributed by atoms with Gasteiger partial charge in [-0.15, -0.1) is 0 Å². The van der Waals surface area contributed by atoms with E-state index >= 15 is 0 Å². The van der Waals surface area contributed by atoms with Gasteiger partial charge in [0.2, 0.25) is 0 Å². The topological polar surface area (TPSA) is 18.5 Å². The van der Waals surface area contributed by atoms with Crippen LogP contribution in [0.1, 0.15) is 38.5 Å². The van der Waals surface area contributed by atoms with Crippen LogP contribution in [0.3, 0.4) is 0 Å². The number of benzene rings is 1. The van der Waals surface area contributed by atoms with E-state index in [4.69, 9.17) is 9.47 Å². The highest BCUT2D eigenvalue weighted by Gasteiger charge is 2.40. The molecule has 1 aromatic rings. The van der Waals surface area contributed by atoms with Gasteiger partial charge < -0.3 is 9.47 Å². The number of rotatable bonds is 2. The van der Waals surface area contributed by atoms with Gasteiger partial charge in [-0.3, -0.25) is 0 Å². The highest BCUT2D eigenvalue weighted by Crippen LogP contribution is 2.40. The van der Waals surface area contributed by atoms with Crippen LogP contribution >= 0.6 is 0 Å². The zero-order chi connectivity index (χ0) is 12.4. The Hall–Kier alpha value is -1.09. The van der Waals surface area contributed by atoms with Crippen LogP contribution in [0.5, 0.6) is 5.75 Å². The second-order valence-corrected chi connectivity index (χ2v) is 5.43. The largest absolute Gasteiger partial charge is 0.490 e. The summed E-state index contributed by atoms with van der Waals surface area (Å²) in [6.07, 6.45) is 6.98. The number of halogens is 1. The molecule has 1 heterocycles. The van der Waals surface area contributed by atoms with E-state index in [2.05, 4.69) is 0 Å². The van der Waals surface area contributed by atoms with E-state index in [1.165, 1.54) is 25.0 Å². The van der Waals surface area contributed by atoms with E-state index < -0.39 is 0 Å². The first kappa shape index (κ1) is 12.0. The molecule has 1 saturated carbocycles. The molecule has 98 valence electrons. The molecule has 3 rings (SSSR count). The maximum atomic E-state index is 12.8. The minimum absolute atomic E-state index is 0.0724. The van der Waals surface area contributed by atoms with Gasteiger partial charge in [-0.05, 0) is 37.1 Å². The molecule has 0 bridgehead atoms. The summed E-state index contributed by atoms with van der Waals surface area (Å²) >= 11 is 0. The van der Waals surface area contributed by atoms with Gasteiger partial charge in [0.1, 0.15) is 17.7 Å². The Morgan fingerprint density at radius 2 is 1.89 bits per heavy atom. The molecule has 0 aromatic heterocycles. The predicted octanol–water partition coefficient (Wildman–Crippen LogP) is 3.70. The van der Waals surface area contributed by atoms with E-state index in [9.17, 15) is 4.39 Å². The maximum absolute atomic E-state index is 12.8. The summed E-state index contributed by atoms with van der Waals surface area (Å²) in [4.78, 5) is 0. The lowest BCUT2D eigenvalue weighted by atomic mass is 9.90. The minimum Gasteiger partial charge on any atom is -0.490 e. The first-order chi connectivity index (χ1) is 8.76. The van der Waals surface area contributed by atoms with Gasteiger partial charge >= 0.3 is 0 Å². The fraction of sp³-hybridized carbons (Fsp3) is 0.600. The van der Waals surface area contributed by atoms with Crippen molar-refractivity contribution in [2.24, 2.45) is 0 Å². The van der Waals surface area contributed by atoms with E-state index in [0.29, 0.717) is 0 Å². The van der Waals surface area contributed by atoms with Gasteiger partial charge in [-0.2, -0.15) is 0 Å². The second kappa shape index (κ2) is 4.88. The van der Waals surface area contributed by atoms with E-state index in [-0.39, 0.29) is 17.5 Å². The third kappa shape index (κ3) is 2.51. The normalized spacial score (nSPS) is 26.4. The summed E-state index contributed by atoms with van der Waals surface area (Å²) in [6.45, 7) is 0.784. The molecule has 0 N–H and O–H groups in total. The molecule has 1 atom stereocenters. The zero-order valence-corrected chi connectivity index (χ0v) is 10.5. The Balaban J connectivity index is 1.64. The lowest BCUT2D eigenvalue weighted by Gasteiger charge is -2.38. The lowest BCUT2D eigenvalue weighted by Crippen LogP contribution is -2.41. The van der Waals surface area contributed by atoms with E-state index in [1.54, 1.807) is 12.1 Å². The van der Waals surface area contributed by atoms with Crippen LogP contribution < -0.4 is 4.74 Å². The molecule has 1 spiro atoms. The second-order valence-electron chi connectivity index (χ2n) is 5.43. The summed E-state index contributed by atoms with van der Waals surface area (Å²) in [5.74, 6) is 0.540. The Morgan fingerprint density at radius 1 is 1.17 bits per heavy atom. The molecule has 1 aliphatic carbocycles. The molecule has 18 heavy (non-hydrogen) atoms. The molecule has 1 aromatic carbocycles. The summed E-state index contributed by atoms with van der Waals surface area (Å²) in [5.41, 5.74) is 0.0724. The van der Waals surface area contributed by atoms with Crippen LogP contribution in [0.25, 0.3) is 0 Å². The average molecular weight is 250 g/mol. The van der Waals surface area contributed by atoms with Gasteiger partial charge in [0, 0.05) is 12.8 Å². The number of hydrogen-bond donors (Lipinski definition) is 0. The molecule has 2 nitrogen and oxygen atoms in total. The predicted molar refractivity (Wildman–Crippen MR) is 67.2 cm³/mol. The standard InChI is InChI=1S/C15H19FO2/c16-12-3-5-13(6-4-12)18-14-7-10-17-15(11-14)8-1-2-9-15/h3-6,14H,1-2,7-11H2. The van der Waals surface area contributed by atoms with Gasteiger partial charge in [-0.25, -0.2) is 4.39 Å². The smallest absolute Gasteiger partial charge is 0.123 e. The van der Waals surface area contributed by atoms with Crippen LogP contribution in [0.2, 0.25) is 0 Å². The van der Waals surface area contributed by atoms with E-state index in [1.807, 2.05) is 0 Å². The first-order valence-electron chi connectivity index (χ1n) is 6.82. The van der Waals surface area contributed by atoms with Crippen LogP contribution in [0, 0.1) is 5.82 Å². The fourth-order valence-corrected chi connectivity index (χ4v) is 3.16. The molecular formula is C15H19FO2. The lowest BCUT2D eigenvalue weighted by molar-refractivity contribution is -0.108. The molecule has 0 amide bonds. The van der Waals surface area contributed by atoms with Crippen molar-refractivity contribution >= 4 is 0 Å². The highest BCUT2D eigenvalue weighted by atomic mass is 19.1. The van der Waals surface area contributed by atoms with Crippen molar-refractivity contribution in [2.75, 3.05) is 6.61 Å². The van der Waals surface area contributed by atoms with Crippen LogP contribution in [0.4, 0.5) is 4.39 Å². The SMILES string of the molecule is Fc1ccc(OC2CCOC3(CCCC3)C2)cc1. The molecule has 2 aliphatic rings. The molecule has 1 saturated heterocycles. The number of hydrogen-bond acceptors (Lipinski definition) is 2. The summed E-state index contributed by atoms with van der Waals surface area (Å²) in [5, 5.41) is 0. The maximum Gasteiger partial charge on any atom is 0.123 e. The first-order valence-corrected chi connectivity index (χ1v) is 6.82. The Bertz CT molecular complexity index is 395. The molecule has 1 aliphatic heterocycles. The van der Waals surface area contributed by atoms with Crippen molar-refractivity contribution in [2.45, 2.75) is 50.2 Å². The molecule has 0 radical (unpaired) electrons. The quantitative estimate of drug-likeness (QED) is 0.797. The Morgan fingerprint density at radius 3 is 2.61 bits per heavy atom. The van der Waals surface area contributed by atoms with Gasteiger partial charge in [-0.1, -0.05) is 12.8 Å². The van der Waals surface area contributed by atoms with Crippen molar-refractivity contribution < 1.29 is 13.9 Å². The third-order valence-electron chi connectivity index (χ3n) is 4.08. The summed E-state index contributed by atoms with van der Waals surface area (Å²) < 4.78 is 24.8. The van der Waals surface area contributed by atoms with Crippen molar-refractivity contribution in [3.8, 4) is 5.75 Å². The Labute approximate surface area is 107 Å². The highest BCUT2D eigenvalue weighted by molar-refractivity contribution is 5.22. The van der Waals surface area contributed by atoms with Crippen molar-refractivity contribution in [3.05, 3.63) is 30.1 Å². The Kier molecular flexibility index (Phi) is 3.25. The average Bonchev–Trinajstić information content (AvgIpc) is 2.80. The summed E-state index contributed by atoms with van der Waals surface area (Å²) in [7, 11) is 0. The van der Waals surface area contributed by atoms with E-state index in [0.717, 1.165) is 38.0 Å². The van der Waals surface area contributed by atoms with Gasteiger partial charge in [0.05, 0.1) is 12.2 Å². The molecule has 2 fully saturated rings. The van der Waals surface area contributed by atoms with Crippen LogP contribution in [0.15, 0.2) is 24.3 Å². The van der Waals surface area contributed by atoms with Gasteiger partial charge in [0.15, 0.2) is 0 Å². The van der Waals surface area contributed by atoms with Crippen LogP contribution in [-0.4, -0.2) is 18.3 Å². The zero-order valence-electron chi connectivity index (χ0n) is 10.5. The van der Waals surface area contributed by atoms with Crippen molar-refractivity contribution in [3.63, 3.8) is 0 Å². The van der Waals surface area contributed by atoms with Gasteiger partial charge in [0.25, 0.3) is 0 Å².